The van der Waals surface area contributed by atoms with Crippen molar-refractivity contribution in [3.63, 3.8) is 0 Å². The molecular weight excluding hydrogens is 511 g/mol. The molecule has 0 aliphatic carbocycles. The number of nitro groups is 1. The SMILES string of the molecule is O=[N+]([O-])c1ccc(COc2ccc(Br)cc2CNc2ccc(Br)c(Cl)c2)cc1. The molecule has 0 unspecified atom stereocenters. The zero-order chi connectivity index (χ0) is 20.1. The summed E-state index contributed by atoms with van der Waals surface area (Å²) in [7, 11) is 0. The predicted molar refractivity (Wildman–Crippen MR) is 118 cm³/mol. The lowest BCUT2D eigenvalue weighted by Gasteiger charge is -2.14. The van der Waals surface area contributed by atoms with E-state index in [4.69, 9.17) is 16.3 Å². The number of nitrogens with one attached hydrogen (secondary N) is 1. The molecule has 0 radical (unpaired) electrons. The Morgan fingerprint density at radius 3 is 2.46 bits per heavy atom. The van der Waals surface area contributed by atoms with Crippen molar-refractivity contribution >= 4 is 54.8 Å². The van der Waals surface area contributed by atoms with Gasteiger partial charge >= 0.3 is 0 Å². The molecule has 0 atom stereocenters. The van der Waals surface area contributed by atoms with E-state index < -0.39 is 4.92 Å². The van der Waals surface area contributed by atoms with Crippen LogP contribution in [0.3, 0.4) is 0 Å². The maximum Gasteiger partial charge on any atom is 0.269 e. The smallest absolute Gasteiger partial charge is 0.269 e. The van der Waals surface area contributed by atoms with Gasteiger partial charge in [-0.05, 0) is 70.0 Å². The van der Waals surface area contributed by atoms with Crippen molar-refractivity contribution in [1.82, 2.24) is 0 Å². The van der Waals surface area contributed by atoms with Crippen LogP contribution in [0, 0.1) is 10.1 Å². The van der Waals surface area contributed by atoms with E-state index in [2.05, 4.69) is 37.2 Å². The van der Waals surface area contributed by atoms with Gasteiger partial charge in [0.15, 0.2) is 0 Å². The van der Waals surface area contributed by atoms with Gasteiger partial charge < -0.3 is 10.1 Å². The van der Waals surface area contributed by atoms with E-state index in [1.807, 2.05) is 36.4 Å². The van der Waals surface area contributed by atoms with E-state index in [9.17, 15) is 10.1 Å². The second kappa shape index (κ2) is 9.41. The van der Waals surface area contributed by atoms with Crippen LogP contribution < -0.4 is 10.1 Å². The molecule has 28 heavy (non-hydrogen) atoms. The molecule has 0 saturated carbocycles. The van der Waals surface area contributed by atoms with E-state index >= 15 is 0 Å². The summed E-state index contributed by atoms with van der Waals surface area (Å²) in [6.07, 6.45) is 0. The van der Waals surface area contributed by atoms with Gasteiger partial charge in [-0.2, -0.15) is 0 Å². The quantitative estimate of drug-likeness (QED) is 0.267. The molecule has 3 rings (SSSR count). The monoisotopic (exact) mass is 524 g/mol. The number of non-ortho nitro benzene ring substituents is 1. The minimum Gasteiger partial charge on any atom is -0.489 e. The molecule has 1 N–H and O–H groups in total. The van der Waals surface area contributed by atoms with Crippen LogP contribution in [0.2, 0.25) is 5.02 Å². The highest BCUT2D eigenvalue weighted by atomic mass is 79.9. The normalized spacial score (nSPS) is 10.5. The molecule has 3 aromatic rings. The van der Waals surface area contributed by atoms with E-state index in [1.54, 1.807) is 12.1 Å². The highest BCUT2D eigenvalue weighted by molar-refractivity contribution is 9.10. The molecule has 8 heteroatoms. The Hall–Kier alpha value is -2.09. The summed E-state index contributed by atoms with van der Waals surface area (Å²) in [6, 6.07) is 17.8. The summed E-state index contributed by atoms with van der Waals surface area (Å²) in [6.45, 7) is 0.865. The Labute approximate surface area is 184 Å². The minimum absolute atomic E-state index is 0.0606. The van der Waals surface area contributed by atoms with Gasteiger partial charge in [-0.3, -0.25) is 10.1 Å². The molecule has 0 aromatic heterocycles. The standard InChI is InChI=1S/C20H15Br2ClN2O3/c21-15-3-8-20(28-12-13-1-5-17(6-2-13)25(26)27)14(9-15)11-24-16-4-7-18(22)19(23)10-16/h1-10,24H,11-12H2. The predicted octanol–water partition coefficient (Wildman–Crippen LogP) is 6.96. The van der Waals surface area contributed by atoms with Crippen LogP contribution in [0.15, 0.2) is 69.6 Å². The average Bonchev–Trinajstić information content (AvgIpc) is 2.68. The zero-order valence-electron chi connectivity index (χ0n) is 14.5. The summed E-state index contributed by atoms with van der Waals surface area (Å²) in [4.78, 5) is 10.3. The lowest BCUT2D eigenvalue weighted by Crippen LogP contribution is -2.04. The van der Waals surface area contributed by atoms with Crippen LogP contribution >= 0.6 is 43.5 Å². The molecular formula is C20H15Br2ClN2O3. The number of hydrogen-bond donors (Lipinski definition) is 1. The first-order chi connectivity index (χ1) is 13.4. The van der Waals surface area contributed by atoms with Crippen LogP contribution in [0.4, 0.5) is 11.4 Å². The number of hydrogen-bond acceptors (Lipinski definition) is 4. The van der Waals surface area contributed by atoms with Crippen molar-refractivity contribution in [2.45, 2.75) is 13.2 Å². The maximum atomic E-state index is 10.7. The number of rotatable bonds is 7. The van der Waals surface area contributed by atoms with Gasteiger partial charge in [0, 0.05) is 38.9 Å². The first-order valence-corrected chi connectivity index (χ1v) is 10.2. The number of benzene rings is 3. The summed E-state index contributed by atoms with van der Waals surface area (Å²) in [5.74, 6) is 0.734. The number of nitro benzene ring substituents is 1. The highest BCUT2D eigenvalue weighted by Crippen LogP contribution is 2.28. The molecule has 144 valence electrons. The Bertz CT molecular complexity index is 997. The fourth-order valence-electron chi connectivity index (χ4n) is 2.51. The Balaban J connectivity index is 1.69. The van der Waals surface area contributed by atoms with E-state index in [0.29, 0.717) is 18.2 Å². The second-order valence-electron chi connectivity index (χ2n) is 5.95. The molecule has 0 heterocycles. The third-order valence-electron chi connectivity index (χ3n) is 3.97. The van der Waals surface area contributed by atoms with Crippen LogP contribution in [-0.4, -0.2) is 4.92 Å². The molecule has 0 bridgehead atoms. The van der Waals surface area contributed by atoms with Crippen LogP contribution in [0.5, 0.6) is 5.75 Å². The highest BCUT2D eigenvalue weighted by Gasteiger charge is 2.08. The Morgan fingerprint density at radius 1 is 1.04 bits per heavy atom. The van der Waals surface area contributed by atoms with Crippen molar-refractivity contribution in [1.29, 1.82) is 0 Å². The van der Waals surface area contributed by atoms with Crippen molar-refractivity contribution < 1.29 is 9.66 Å². The summed E-state index contributed by atoms with van der Waals surface area (Å²) >= 11 is 13.0. The van der Waals surface area contributed by atoms with Crippen molar-refractivity contribution in [2.24, 2.45) is 0 Å². The minimum atomic E-state index is -0.419. The lowest BCUT2D eigenvalue weighted by atomic mass is 10.2. The average molecular weight is 527 g/mol. The molecule has 0 amide bonds. The van der Waals surface area contributed by atoms with E-state index in [-0.39, 0.29) is 5.69 Å². The fraction of sp³-hybridized carbons (Fsp3) is 0.100. The number of nitrogens with zero attached hydrogens (tertiary/aromatic N) is 1. The molecule has 0 fully saturated rings. The second-order valence-corrected chi connectivity index (χ2v) is 8.12. The van der Waals surface area contributed by atoms with Crippen LogP contribution in [0.25, 0.3) is 0 Å². The summed E-state index contributed by atoms with van der Waals surface area (Å²) in [5.41, 5.74) is 2.78. The molecule has 0 aliphatic rings. The van der Waals surface area contributed by atoms with Gasteiger partial charge in [-0.1, -0.05) is 27.5 Å². The first kappa shape index (κ1) is 20.6. The van der Waals surface area contributed by atoms with Crippen LogP contribution in [-0.2, 0) is 13.2 Å². The lowest BCUT2D eigenvalue weighted by molar-refractivity contribution is -0.384. The van der Waals surface area contributed by atoms with Gasteiger partial charge in [0.25, 0.3) is 5.69 Å². The van der Waals surface area contributed by atoms with Gasteiger partial charge in [0.05, 0.1) is 9.95 Å². The van der Waals surface area contributed by atoms with E-state index in [0.717, 1.165) is 31.5 Å². The van der Waals surface area contributed by atoms with Gasteiger partial charge in [-0.15, -0.1) is 0 Å². The zero-order valence-corrected chi connectivity index (χ0v) is 18.4. The van der Waals surface area contributed by atoms with E-state index in [1.165, 1.54) is 12.1 Å². The van der Waals surface area contributed by atoms with Gasteiger partial charge in [-0.25, -0.2) is 0 Å². The van der Waals surface area contributed by atoms with Crippen LogP contribution in [0.1, 0.15) is 11.1 Å². The molecule has 3 aromatic carbocycles. The number of anilines is 1. The van der Waals surface area contributed by atoms with Gasteiger partial charge in [0.2, 0.25) is 0 Å². The summed E-state index contributed by atoms with van der Waals surface area (Å²) in [5, 5.41) is 14.7. The Morgan fingerprint density at radius 2 is 1.79 bits per heavy atom. The third kappa shape index (κ3) is 5.47. The summed E-state index contributed by atoms with van der Waals surface area (Å²) < 4.78 is 7.73. The third-order valence-corrected chi connectivity index (χ3v) is 5.69. The molecule has 0 aliphatic heterocycles. The molecule has 0 spiro atoms. The molecule has 0 saturated heterocycles. The number of ether oxygens (including phenoxy) is 1. The van der Waals surface area contributed by atoms with Crippen molar-refractivity contribution in [2.75, 3.05) is 5.32 Å². The fourth-order valence-corrected chi connectivity index (χ4v) is 3.34. The topological polar surface area (TPSA) is 64.4 Å². The molecule has 5 nitrogen and oxygen atoms in total. The maximum absolute atomic E-state index is 10.7. The first-order valence-electron chi connectivity index (χ1n) is 8.26. The van der Waals surface area contributed by atoms with Crippen molar-refractivity contribution in [3.8, 4) is 5.75 Å². The largest absolute Gasteiger partial charge is 0.489 e. The Kier molecular flexibility index (Phi) is 6.93. The van der Waals surface area contributed by atoms with Gasteiger partial charge in [0.1, 0.15) is 12.4 Å². The number of halogens is 3. The van der Waals surface area contributed by atoms with Crippen molar-refractivity contribution in [3.05, 3.63) is 95.9 Å².